The molecule has 0 fully saturated rings. The lowest BCUT2D eigenvalue weighted by Gasteiger charge is -2.12. The fraction of sp³-hybridized carbons (Fsp3) is 0.300. The Bertz CT molecular complexity index is 773. The largest absolute Gasteiger partial charge is 0.491 e. The van der Waals surface area contributed by atoms with E-state index in [0.29, 0.717) is 34.1 Å². The summed E-state index contributed by atoms with van der Waals surface area (Å²) in [5.74, 6) is 0.336. The van der Waals surface area contributed by atoms with E-state index in [4.69, 9.17) is 16.3 Å². The van der Waals surface area contributed by atoms with Crippen molar-refractivity contribution in [3.63, 3.8) is 0 Å². The van der Waals surface area contributed by atoms with Gasteiger partial charge in [0, 0.05) is 17.7 Å². The SMILES string of the molecule is CCCC(=O)Nc1ccc(Cl)c(NC(=O)c2ccc(OC(C)C)cc2)c1. The van der Waals surface area contributed by atoms with Crippen LogP contribution < -0.4 is 15.4 Å². The number of ether oxygens (including phenoxy) is 1. The minimum atomic E-state index is -0.292. The third-order valence-corrected chi connectivity index (χ3v) is 3.79. The van der Waals surface area contributed by atoms with Gasteiger partial charge in [0.15, 0.2) is 0 Å². The highest BCUT2D eigenvalue weighted by Gasteiger charge is 2.11. The highest BCUT2D eigenvalue weighted by molar-refractivity contribution is 6.34. The van der Waals surface area contributed by atoms with E-state index in [2.05, 4.69) is 10.6 Å². The van der Waals surface area contributed by atoms with Gasteiger partial charge < -0.3 is 15.4 Å². The zero-order valence-corrected chi connectivity index (χ0v) is 15.9. The van der Waals surface area contributed by atoms with E-state index < -0.39 is 0 Å². The molecule has 0 unspecified atom stereocenters. The second-order valence-corrected chi connectivity index (χ2v) is 6.55. The monoisotopic (exact) mass is 374 g/mol. The molecule has 0 saturated heterocycles. The van der Waals surface area contributed by atoms with Crippen LogP contribution in [-0.2, 0) is 4.79 Å². The molecule has 0 aliphatic heterocycles. The number of hydrogen-bond acceptors (Lipinski definition) is 3. The van der Waals surface area contributed by atoms with E-state index in [-0.39, 0.29) is 17.9 Å². The number of halogens is 1. The quantitative estimate of drug-likeness (QED) is 0.706. The molecule has 6 heteroatoms. The molecule has 0 spiro atoms. The van der Waals surface area contributed by atoms with Crippen molar-refractivity contribution in [2.45, 2.75) is 39.7 Å². The highest BCUT2D eigenvalue weighted by Crippen LogP contribution is 2.26. The van der Waals surface area contributed by atoms with E-state index in [0.717, 1.165) is 6.42 Å². The summed E-state index contributed by atoms with van der Waals surface area (Å²) in [5.41, 5.74) is 1.51. The molecular formula is C20H23ClN2O3. The van der Waals surface area contributed by atoms with Gasteiger partial charge >= 0.3 is 0 Å². The molecule has 2 amide bonds. The van der Waals surface area contributed by atoms with Crippen molar-refractivity contribution >= 4 is 34.8 Å². The summed E-state index contributed by atoms with van der Waals surface area (Å²) >= 11 is 6.16. The van der Waals surface area contributed by atoms with Gasteiger partial charge in [-0.1, -0.05) is 18.5 Å². The van der Waals surface area contributed by atoms with Gasteiger partial charge in [-0.3, -0.25) is 9.59 Å². The first-order valence-corrected chi connectivity index (χ1v) is 8.94. The third-order valence-electron chi connectivity index (χ3n) is 3.46. The molecule has 2 aromatic carbocycles. The molecule has 0 bridgehead atoms. The second kappa shape index (κ2) is 9.25. The van der Waals surface area contributed by atoms with E-state index in [1.165, 1.54) is 0 Å². The lowest BCUT2D eigenvalue weighted by molar-refractivity contribution is -0.116. The number of anilines is 2. The number of rotatable bonds is 7. The number of benzene rings is 2. The van der Waals surface area contributed by atoms with Gasteiger partial charge in [0.05, 0.1) is 16.8 Å². The molecule has 26 heavy (non-hydrogen) atoms. The summed E-state index contributed by atoms with van der Waals surface area (Å²) in [4.78, 5) is 24.2. The van der Waals surface area contributed by atoms with E-state index >= 15 is 0 Å². The lowest BCUT2D eigenvalue weighted by Crippen LogP contribution is -2.14. The van der Waals surface area contributed by atoms with Crippen LogP contribution in [0.1, 0.15) is 44.0 Å². The first-order chi connectivity index (χ1) is 12.4. The van der Waals surface area contributed by atoms with Crippen LogP contribution in [0.2, 0.25) is 5.02 Å². The normalized spacial score (nSPS) is 10.5. The minimum absolute atomic E-state index is 0.0686. The number of hydrogen-bond donors (Lipinski definition) is 2. The Labute approximate surface area is 158 Å². The molecule has 2 N–H and O–H groups in total. The predicted molar refractivity (Wildman–Crippen MR) is 105 cm³/mol. The number of amides is 2. The van der Waals surface area contributed by atoms with Crippen LogP contribution >= 0.6 is 11.6 Å². The molecule has 5 nitrogen and oxygen atoms in total. The van der Waals surface area contributed by atoms with Crippen molar-refractivity contribution in [1.29, 1.82) is 0 Å². The van der Waals surface area contributed by atoms with Crippen LogP contribution in [0, 0.1) is 0 Å². The zero-order chi connectivity index (χ0) is 19.1. The van der Waals surface area contributed by atoms with Gasteiger partial charge in [-0.25, -0.2) is 0 Å². The van der Waals surface area contributed by atoms with Crippen LogP contribution in [0.4, 0.5) is 11.4 Å². The molecule has 0 radical (unpaired) electrons. The molecule has 0 saturated carbocycles. The van der Waals surface area contributed by atoms with Crippen LogP contribution in [0.5, 0.6) is 5.75 Å². The summed E-state index contributed by atoms with van der Waals surface area (Å²) < 4.78 is 5.57. The maximum Gasteiger partial charge on any atom is 0.255 e. The fourth-order valence-electron chi connectivity index (χ4n) is 2.30. The molecule has 0 atom stereocenters. The van der Waals surface area contributed by atoms with E-state index in [1.54, 1.807) is 42.5 Å². The molecule has 2 rings (SSSR count). The lowest BCUT2D eigenvalue weighted by atomic mass is 10.2. The summed E-state index contributed by atoms with van der Waals surface area (Å²) in [6.07, 6.45) is 1.27. The van der Waals surface area contributed by atoms with Gasteiger partial charge in [-0.15, -0.1) is 0 Å². The predicted octanol–water partition coefficient (Wildman–Crippen LogP) is 5.12. The zero-order valence-electron chi connectivity index (χ0n) is 15.1. The number of carbonyl (C=O) groups is 2. The average molecular weight is 375 g/mol. The highest BCUT2D eigenvalue weighted by atomic mass is 35.5. The first-order valence-electron chi connectivity index (χ1n) is 8.56. The second-order valence-electron chi connectivity index (χ2n) is 6.14. The van der Waals surface area contributed by atoms with Crippen LogP contribution in [-0.4, -0.2) is 17.9 Å². The molecule has 0 aromatic heterocycles. The Morgan fingerprint density at radius 3 is 2.38 bits per heavy atom. The Kier molecular flexibility index (Phi) is 7.04. The Morgan fingerprint density at radius 2 is 1.77 bits per heavy atom. The Balaban J connectivity index is 2.09. The molecule has 0 heterocycles. The molecule has 138 valence electrons. The van der Waals surface area contributed by atoms with Crippen molar-refractivity contribution in [3.8, 4) is 5.75 Å². The van der Waals surface area contributed by atoms with Gasteiger partial charge in [0.25, 0.3) is 5.91 Å². The molecule has 0 aliphatic rings. The van der Waals surface area contributed by atoms with Crippen molar-refractivity contribution in [2.24, 2.45) is 0 Å². The van der Waals surface area contributed by atoms with Gasteiger partial charge in [0.1, 0.15) is 5.75 Å². The molecular weight excluding hydrogens is 352 g/mol. The summed E-state index contributed by atoms with van der Waals surface area (Å²) in [6, 6.07) is 11.9. The van der Waals surface area contributed by atoms with Crippen LogP contribution in [0.15, 0.2) is 42.5 Å². The first kappa shape index (κ1) is 19.8. The minimum Gasteiger partial charge on any atom is -0.491 e. The topological polar surface area (TPSA) is 67.4 Å². The molecule has 2 aromatic rings. The van der Waals surface area contributed by atoms with E-state index in [9.17, 15) is 9.59 Å². The summed E-state index contributed by atoms with van der Waals surface area (Å²) in [7, 11) is 0. The maximum absolute atomic E-state index is 12.4. The van der Waals surface area contributed by atoms with Gasteiger partial charge in [0.2, 0.25) is 5.91 Å². The average Bonchev–Trinajstić information content (AvgIpc) is 2.58. The summed E-state index contributed by atoms with van der Waals surface area (Å²) in [5, 5.41) is 5.95. The van der Waals surface area contributed by atoms with Gasteiger partial charge in [-0.05, 0) is 62.7 Å². The van der Waals surface area contributed by atoms with Crippen molar-refractivity contribution in [1.82, 2.24) is 0 Å². The molecule has 0 aliphatic carbocycles. The fourth-order valence-corrected chi connectivity index (χ4v) is 2.47. The van der Waals surface area contributed by atoms with Crippen molar-refractivity contribution < 1.29 is 14.3 Å². The van der Waals surface area contributed by atoms with Crippen molar-refractivity contribution in [3.05, 3.63) is 53.1 Å². The maximum atomic E-state index is 12.4. The summed E-state index contributed by atoms with van der Waals surface area (Å²) in [6.45, 7) is 5.81. The Morgan fingerprint density at radius 1 is 1.08 bits per heavy atom. The standard InChI is InChI=1S/C20H23ClN2O3/c1-4-5-19(24)22-15-8-11-17(21)18(12-15)23-20(25)14-6-9-16(10-7-14)26-13(2)3/h6-13H,4-5H2,1-3H3,(H,22,24)(H,23,25). The smallest absolute Gasteiger partial charge is 0.255 e. The van der Waals surface area contributed by atoms with E-state index in [1.807, 2.05) is 20.8 Å². The van der Waals surface area contributed by atoms with Crippen LogP contribution in [0.25, 0.3) is 0 Å². The number of carbonyl (C=O) groups excluding carboxylic acids is 2. The van der Waals surface area contributed by atoms with Gasteiger partial charge in [-0.2, -0.15) is 0 Å². The van der Waals surface area contributed by atoms with Crippen molar-refractivity contribution in [2.75, 3.05) is 10.6 Å². The van der Waals surface area contributed by atoms with Crippen LogP contribution in [0.3, 0.4) is 0 Å². The Hall–Kier alpha value is -2.53. The third kappa shape index (κ3) is 5.77. The number of nitrogens with one attached hydrogen (secondary N) is 2.